The average Bonchev–Trinajstić information content (AvgIpc) is 2.94. The van der Waals surface area contributed by atoms with Crippen molar-refractivity contribution in [2.24, 2.45) is 0 Å². The molecular weight excluding hydrogens is 292 g/mol. The molecule has 7 nitrogen and oxygen atoms in total. The highest BCUT2D eigenvalue weighted by atomic mass is 32.2. The molecule has 0 amide bonds. The summed E-state index contributed by atoms with van der Waals surface area (Å²) in [5, 5.41) is 20.7. The zero-order chi connectivity index (χ0) is 13.8. The van der Waals surface area contributed by atoms with Gasteiger partial charge in [0.1, 0.15) is 10.7 Å². The Kier molecular flexibility index (Phi) is 4.17. The van der Waals surface area contributed by atoms with Crippen LogP contribution in [0, 0.1) is 10.1 Å². The molecule has 0 atom stereocenters. The number of hydrogen-bond donors (Lipinski definition) is 1. The maximum absolute atomic E-state index is 10.5. The molecule has 2 aromatic rings. The number of thiazole rings is 1. The SMILES string of the molecule is O=C(O)Cc1csc(SCc2ccc([N+](=O)[O-])o2)n1. The van der Waals surface area contributed by atoms with Crippen LogP contribution in [-0.4, -0.2) is 21.0 Å². The van der Waals surface area contributed by atoms with Crippen LogP contribution in [0.5, 0.6) is 0 Å². The van der Waals surface area contributed by atoms with E-state index in [9.17, 15) is 14.9 Å². The Morgan fingerprint density at radius 2 is 2.37 bits per heavy atom. The second-order valence-corrected chi connectivity index (χ2v) is 5.54. The van der Waals surface area contributed by atoms with E-state index in [2.05, 4.69) is 4.98 Å². The summed E-state index contributed by atoms with van der Waals surface area (Å²) in [5.74, 6) is -0.329. The summed E-state index contributed by atoms with van der Waals surface area (Å²) >= 11 is 2.68. The molecule has 0 saturated heterocycles. The molecule has 0 aliphatic carbocycles. The Balaban J connectivity index is 1.92. The Bertz CT molecular complexity index is 607. The van der Waals surface area contributed by atoms with Gasteiger partial charge in [0.05, 0.1) is 23.9 Å². The van der Waals surface area contributed by atoms with E-state index in [0.717, 1.165) is 0 Å². The molecule has 0 aromatic carbocycles. The van der Waals surface area contributed by atoms with Gasteiger partial charge in [0.25, 0.3) is 0 Å². The molecule has 9 heteroatoms. The number of thioether (sulfide) groups is 1. The van der Waals surface area contributed by atoms with Gasteiger partial charge in [-0.05, 0) is 6.07 Å². The van der Waals surface area contributed by atoms with Crippen LogP contribution in [0.2, 0.25) is 0 Å². The Hall–Kier alpha value is -1.87. The Labute approximate surface area is 115 Å². The minimum Gasteiger partial charge on any atom is -0.481 e. The number of carbonyl (C=O) groups is 1. The lowest BCUT2D eigenvalue weighted by atomic mass is 10.3. The minimum absolute atomic E-state index is 0.108. The van der Waals surface area contributed by atoms with Crippen molar-refractivity contribution in [1.29, 1.82) is 0 Å². The lowest BCUT2D eigenvalue weighted by Crippen LogP contribution is -1.99. The van der Waals surface area contributed by atoms with Gasteiger partial charge < -0.3 is 9.52 Å². The zero-order valence-electron chi connectivity index (χ0n) is 9.44. The third-order valence-corrected chi connectivity index (χ3v) is 4.12. The highest BCUT2D eigenvalue weighted by Crippen LogP contribution is 2.28. The van der Waals surface area contributed by atoms with Gasteiger partial charge in [-0.3, -0.25) is 14.9 Å². The summed E-state index contributed by atoms with van der Waals surface area (Å²) in [4.78, 5) is 24.5. The first-order valence-corrected chi connectivity index (χ1v) is 6.93. The fourth-order valence-electron chi connectivity index (χ4n) is 1.27. The molecular formula is C10H8N2O5S2. The van der Waals surface area contributed by atoms with Crippen LogP contribution in [-0.2, 0) is 17.0 Å². The van der Waals surface area contributed by atoms with Crippen LogP contribution in [0.4, 0.5) is 5.88 Å². The molecule has 100 valence electrons. The second-order valence-electron chi connectivity index (χ2n) is 3.46. The van der Waals surface area contributed by atoms with Crippen molar-refractivity contribution in [2.75, 3.05) is 0 Å². The van der Waals surface area contributed by atoms with E-state index in [1.54, 1.807) is 5.38 Å². The maximum Gasteiger partial charge on any atom is 0.433 e. The zero-order valence-corrected chi connectivity index (χ0v) is 11.1. The van der Waals surface area contributed by atoms with E-state index in [4.69, 9.17) is 9.52 Å². The topological polar surface area (TPSA) is 106 Å². The fraction of sp³-hybridized carbons (Fsp3) is 0.200. The second kappa shape index (κ2) is 5.85. The van der Waals surface area contributed by atoms with Crippen molar-refractivity contribution in [3.05, 3.63) is 39.1 Å². The van der Waals surface area contributed by atoms with Gasteiger partial charge in [-0.1, -0.05) is 11.8 Å². The molecule has 0 aliphatic rings. The normalized spacial score (nSPS) is 10.5. The first-order chi connectivity index (χ1) is 9.04. The highest BCUT2D eigenvalue weighted by Gasteiger charge is 2.13. The van der Waals surface area contributed by atoms with Crippen LogP contribution in [0.3, 0.4) is 0 Å². The van der Waals surface area contributed by atoms with Gasteiger partial charge in [-0.25, -0.2) is 4.98 Å². The average molecular weight is 300 g/mol. The van der Waals surface area contributed by atoms with Crippen LogP contribution < -0.4 is 0 Å². The molecule has 0 aliphatic heterocycles. The lowest BCUT2D eigenvalue weighted by Gasteiger charge is -1.93. The molecule has 0 bridgehead atoms. The van der Waals surface area contributed by atoms with Crippen molar-refractivity contribution in [2.45, 2.75) is 16.5 Å². The molecule has 0 spiro atoms. The van der Waals surface area contributed by atoms with Gasteiger partial charge in [-0.15, -0.1) is 11.3 Å². The van der Waals surface area contributed by atoms with Crippen molar-refractivity contribution in [1.82, 2.24) is 4.98 Å². The number of furan rings is 1. The number of hydrogen-bond acceptors (Lipinski definition) is 7. The number of aliphatic carboxylic acids is 1. The highest BCUT2D eigenvalue weighted by molar-refractivity contribution is 8.00. The number of rotatable bonds is 6. The van der Waals surface area contributed by atoms with Crippen LogP contribution in [0.25, 0.3) is 0 Å². The maximum atomic E-state index is 10.5. The van der Waals surface area contributed by atoms with E-state index in [-0.39, 0.29) is 12.3 Å². The largest absolute Gasteiger partial charge is 0.481 e. The molecule has 2 rings (SSSR count). The Morgan fingerprint density at radius 3 is 3.00 bits per heavy atom. The number of nitrogens with zero attached hydrogens (tertiary/aromatic N) is 2. The summed E-state index contributed by atoms with van der Waals surface area (Å²) in [5.41, 5.74) is 0.505. The van der Waals surface area contributed by atoms with Gasteiger partial charge in [0, 0.05) is 5.38 Å². The van der Waals surface area contributed by atoms with Crippen molar-refractivity contribution in [3.8, 4) is 0 Å². The summed E-state index contributed by atoms with van der Waals surface area (Å²) in [6.45, 7) is 0. The van der Waals surface area contributed by atoms with E-state index >= 15 is 0 Å². The standard InChI is InChI=1S/C10H8N2O5S2/c13-9(14)3-6-4-18-10(11-6)19-5-7-1-2-8(17-7)12(15)16/h1-2,4H,3,5H2,(H,13,14). The number of carboxylic acid groups (broad SMARTS) is 1. The summed E-state index contributed by atoms with van der Waals surface area (Å²) in [7, 11) is 0. The van der Waals surface area contributed by atoms with E-state index < -0.39 is 10.9 Å². The molecule has 2 heterocycles. The molecule has 0 saturated carbocycles. The van der Waals surface area contributed by atoms with Crippen molar-refractivity contribution < 1.29 is 19.2 Å². The van der Waals surface area contributed by atoms with Crippen molar-refractivity contribution >= 4 is 35.0 Å². The van der Waals surface area contributed by atoms with Crippen LogP contribution in [0.1, 0.15) is 11.5 Å². The van der Waals surface area contributed by atoms with Crippen LogP contribution in [0.15, 0.2) is 26.3 Å². The first kappa shape index (κ1) is 13.6. The molecule has 0 unspecified atom stereocenters. The van der Waals surface area contributed by atoms with Gasteiger partial charge >= 0.3 is 11.9 Å². The van der Waals surface area contributed by atoms with E-state index in [1.807, 2.05) is 0 Å². The predicted molar refractivity (Wildman–Crippen MR) is 68.4 cm³/mol. The summed E-state index contributed by atoms with van der Waals surface area (Å²) < 4.78 is 5.70. The third kappa shape index (κ3) is 3.80. The Morgan fingerprint density at radius 1 is 1.58 bits per heavy atom. The monoisotopic (exact) mass is 300 g/mol. The number of aromatic nitrogens is 1. The smallest absolute Gasteiger partial charge is 0.433 e. The first-order valence-electron chi connectivity index (χ1n) is 5.06. The third-order valence-electron chi connectivity index (χ3n) is 2.03. The predicted octanol–water partition coefficient (Wildman–Crippen LogP) is 2.56. The molecule has 1 N–H and O–H groups in total. The summed E-state index contributed by atoms with van der Waals surface area (Å²) in [6.07, 6.45) is -0.108. The van der Waals surface area contributed by atoms with Gasteiger partial charge in [0.2, 0.25) is 0 Å². The van der Waals surface area contributed by atoms with Crippen LogP contribution >= 0.6 is 23.1 Å². The van der Waals surface area contributed by atoms with Gasteiger partial charge in [0.15, 0.2) is 4.34 Å². The summed E-state index contributed by atoms with van der Waals surface area (Å²) in [6, 6.07) is 2.84. The quantitative estimate of drug-likeness (QED) is 0.496. The lowest BCUT2D eigenvalue weighted by molar-refractivity contribution is -0.402. The number of carboxylic acids is 1. The van der Waals surface area contributed by atoms with E-state index in [1.165, 1.54) is 35.2 Å². The molecule has 2 aromatic heterocycles. The van der Waals surface area contributed by atoms with E-state index in [0.29, 0.717) is 21.5 Å². The molecule has 19 heavy (non-hydrogen) atoms. The fourth-order valence-corrected chi connectivity index (χ4v) is 3.00. The van der Waals surface area contributed by atoms with Gasteiger partial charge in [-0.2, -0.15) is 0 Å². The minimum atomic E-state index is -0.927. The molecule has 0 fully saturated rings. The van der Waals surface area contributed by atoms with Crippen molar-refractivity contribution in [3.63, 3.8) is 0 Å². The molecule has 0 radical (unpaired) electrons. The number of nitro groups is 1.